The molecule has 2 aromatic carbocycles. The molecule has 0 saturated heterocycles. The zero-order valence-electron chi connectivity index (χ0n) is 10.4. The fourth-order valence-electron chi connectivity index (χ4n) is 1.83. The molecule has 19 heavy (non-hydrogen) atoms. The molecule has 0 heterocycles. The lowest BCUT2D eigenvalue weighted by Gasteiger charge is -2.09. The van der Waals surface area contributed by atoms with Crippen molar-refractivity contribution in [2.45, 2.75) is 17.6 Å². The van der Waals surface area contributed by atoms with E-state index in [4.69, 9.17) is 5.73 Å². The van der Waals surface area contributed by atoms with Crippen molar-refractivity contribution in [2.24, 2.45) is 0 Å². The average Bonchev–Trinajstić information content (AvgIpc) is 2.31. The van der Waals surface area contributed by atoms with Gasteiger partial charge in [0.15, 0.2) is 9.84 Å². The smallest absolute Gasteiger partial charge is 0.184 e. The van der Waals surface area contributed by atoms with E-state index in [1.54, 1.807) is 30.3 Å². The molecule has 0 unspecified atom stereocenters. The third-order valence-electron chi connectivity index (χ3n) is 2.75. The van der Waals surface area contributed by atoms with Crippen LogP contribution in [0.15, 0.2) is 51.8 Å². The van der Waals surface area contributed by atoms with Crippen LogP contribution in [0.5, 0.6) is 0 Å². The normalized spacial score (nSPS) is 11.5. The van der Waals surface area contributed by atoms with Gasteiger partial charge < -0.3 is 5.73 Å². The molecule has 0 aromatic heterocycles. The minimum atomic E-state index is -3.43. The van der Waals surface area contributed by atoms with E-state index in [1.165, 1.54) is 0 Å². The Morgan fingerprint density at radius 1 is 1.16 bits per heavy atom. The van der Waals surface area contributed by atoms with E-state index < -0.39 is 9.84 Å². The first-order valence-electron chi connectivity index (χ1n) is 5.72. The molecule has 5 heteroatoms. The molecular weight excluding hydrogens is 326 g/mol. The highest BCUT2D eigenvalue weighted by Crippen LogP contribution is 2.24. The highest BCUT2D eigenvalue weighted by molar-refractivity contribution is 9.10. The summed E-state index contributed by atoms with van der Waals surface area (Å²) in [6, 6.07) is 12.3. The molecule has 2 rings (SSSR count). The lowest BCUT2D eigenvalue weighted by Crippen LogP contribution is -2.08. The van der Waals surface area contributed by atoms with Crippen LogP contribution in [0.2, 0.25) is 0 Å². The Morgan fingerprint density at radius 2 is 1.89 bits per heavy atom. The second kappa shape index (κ2) is 5.35. The molecule has 2 N–H and O–H groups in total. The van der Waals surface area contributed by atoms with Gasteiger partial charge in [0.1, 0.15) is 0 Å². The molecule has 0 fully saturated rings. The zero-order chi connectivity index (χ0) is 14.0. The summed E-state index contributed by atoms with van der Waals surface area (Å²) >= 11 is 3.33. The van der Waals surface area contributed by atoms with E-state index >= 15 is 0 Å². The zero-order valence-corrected chi connectivity index (χ0v) is 12.8. The molecule has 0 saturated carbocycles. The number of aryl methyl sites for hydroxylation is 1. The first kappa shape index (κ1) is 14.1. The maximum atomic E-state index is 12.4. The van der Waals surface area contributed by atoms with Crippen molar-refractivity contribution >= 4 is 31.5 Å². The van der Waals surface area contributed by atoms with Crippen LogP contribution in [0.4, 0.5) is 5.69 Å². The molecular formula is C14H14BrNO2S. The summed E-state index contributed by atoms with van der Waals surface area (Å²) in [6.45, 7) is 1.84. The largest absolute Gasteiger partial charge is 0.398 e. The Hall–Kier alpha value is -1.33. The molecule has 0 atom stereocenters. The number of anilines is 1. The van der Waals surface area contributed by atoms with E-state index in [0.29, 0.717) is 5.69 Å². The number of halogens is 1. The lowest BCUT2D eigenvalue weighted by atomic mass is 10.2. The first-order valence-corrected chi connectivity index (χ1v) is 8.16. The number of rotatable bonds is 3. The fraction of sp³-hybridized carbons (Fsp3) is 0.143. The second-order valence-corrected chi connectivity index (χ2v) is 7.30. The number of hydrogen-bond acceptors (Lipinski definition) is 3. The Labute approximate surface area is 121 Å². The van der Waals surface area contributed by atoms with Gasteiger partial charge in [0.2, 0.25) is 0 Å². The van der Waals surface area contributed by atoms with Crippen LogP contribution in [-0.4, -0.2) is 8.42 Å². The third-order valence-corrected chi connectivity index (χ3v) is 4.98. The van der Waals surface area contributed by atoms with Crippen LogP contribution in [0.1, 0.15) is 11.1 Å². The van der Waals surface area contributed by atoms with Gasteiger partial charge in [-0.3, -0.25) is 0 Å². The third kappa shape index (κ3) is 3.36. The molecule has 0 aliphatic heterocycles. The SMILES string of the molecule is Cc1ccc(N)c(S(=O)(=O)Cc2cccc(Br)c2)c1. The predicted molar refractivity (Wildman–Crippen MR) is 80.6 cm³/mol. The molecule has 0 bridgehead atoms. The fourth-order valence-corrected chi connectivity index (χ4v) is 3.85. The molecule has 0 amide bonds. The van der Waals surface area contributed by atoms with E-state index in [0.717, 1.165) is 15.6 Å². The Bertz CT molecular complexity index is 711. The van der Waals surface area contributed by atoms with Gasteiger partial charge in [0.25, 0.3) is 0 Å². The van der Waals surface area contributed by atoms with Gasteiger partial charge in [-0.2, -0.15) is 0 Å². The Morgan fingerprint density at radius 3 is 2.58 bits per heavy atom. The molecule has 0 spiro atoms. The summed E-state index contributed by atoms with van der Waals surface area (Å²) in [5, 5.41) is 0. The monoisotopic (exact) mass is 339 g/mol. The Balaban J connectivity index is 2.40. The van der Waals surface area contributed by atoms with Crippen molar-refractivity contribution in [2.75, 3.05) is 5.73 Å². The summed E-state index contributed by atoms with van der Waals surface area (Å²) in [5.74, 6) is -0.0555. The van der Waals surface area contributed by atoms with Gasteiger partial charge in [-0.15, -0.1) is 0 Å². The van der Waals surface area contributed by atoms with Crippen LogP contribution in [0.3, 0.4) is 0 Å². The van der Waals surface area contributed by atoms with Crippen LogP contribution in [0, 0.1) is 6.92 Å². The second-order valence-electron chi connectivity index (χ2n) is 4.43. The van der Waals surface area contributed by atoms with Gasteiger partial charge in [-0.1, -0.05) is 34.1 Å². The quantitative estimate of drug-likeness (QED) is 0.872. The van der Waals surface area contributed by atoms with Crippen molar-refractivity contribution in [3.63, 3.8) is 0 Å². The maximum Gasteiger partial charge on any atom is 0.184 e. The summed E-state index contributed by atoms with van der Waals surface area (Å²) in [6.07, 6.45) is 0. The Kier molecular flexibility index (Phi) is 3.96. The van der Waals surface area contributed by atoms with Crippen LogP contribution in [-0.2, 0) is 15.6 Å². The standard InChI is InChI=1S/C14H14BrNO2S/c1-10-5-6-13(16)14(7-10)19(17,18)9-11-3-2-4-12(15)8-11/h2-8H,9,16H2,1H3. The van der Waals surface area contributed by atoms with Crippen molar-refractivity contribution in [3.05, 3.63) is 58.1 Å². The number of benzene rings is 2. The molecule has 100 valence electrons. The summed E-state index contributed by atoms with van der Waals surface area (Å²) in [7, 11) is -3.43. The lowest BCUT2D eigenvalue weighted by molar-refractivity contribution is 0.595. The van der Waals surface area contributed by atoms with Crippen molar-refractivity contribution in [1.29, 1.82) is 0 Å². The van der Waals surface area contributed by atoms with E-state index in [-0.39, 0.29) is 10.6 Å². The minimum Gasteiger partial charge on any atom is -0.398 e. The van der Waals surface area contributed by atoms with Crippen molar-refractivity contribution < 1.29 is 8.42 Å². The highest BCUT2D eigenvalue weighted by Gasteiger charge is 2.18. The van der Waals surface area contributed by atoms with E-state index in [2.05, 4.69) is 15.9 Å². The predicted octanol–water partition coefficient (Wildman–Crippen LogP) is 3.31. The maximum absolute atomic E-state index is 12.4. The number of hydrogen-bond donors (Lipinski definition) is 1. The molecule has 3 nitrogen and oxygen atoms in total. The van der Waals surface area contributed by atoms with E-state index in [9.17, 15) is 8.42 Å². The molecule has 0 aliphatic rings. The summed E-state index contributed by atoms with van der Waals surface area (Å²) < 4.78 is 25.6. The van der Waals surface area contributed by atoms with Gasteiger partial charge in [-0.05, 0) is 42.3 Å². The minimum absolute atomic E-state index is 0.0555. The van der Waals surface area contributed by atoms with E-state index in [1.807, 2.05) is 19.1 Å². The van der Waals surface area contributed by atoms with Gasteiger partial charge in [0, 0.05) is 4.47 Å². The summed E-state index contributed by atoms with van der Waals surface area (Å²) in [4.78, 5) is 0.201. The topological polar surface area (TPSA) is 60.2 Å². The van der Waals surface area contributed by atoms with Gasteiger partial charge in [-0.25, -0.2) is 8.42 Å². The molecule has 2 aromatic rings. The highest BCUT2D eigenvalue weighted by atomic mass is 79.9. The van der Waals surface area contributed by atoms with Crippen LogP contribution >= 0.6 is 15.9 Å². The average molecular weight is 340 g/mol. The number of nitrogen functional groups attached to an aromatic ring is 1. The van der Waals surface area contributed by atoms with Gasteiger partial charge in [0.05, 0.1) is 16.3 Å². The number of sulfone groups is 1. The number of nitrogens with two attached hydrogens (primary N) is 1. The first-order chi connectivity index (χ1) is 8.88. The molecule has 0 aliphatic carbocycles. The van der Waals surface area contributed by atoms with Gasteiger partial charge >= 0.3 is 0 Å². The van der Waals surface area contributed by atoms with Crippen molar-refractivity contribution in [3.8, 4) is 0 Å². The van der Waals surface area contributed by atoms with Crippen LogP contribution in [0.25, 0.3) is 0 Å². The van der Waals surface area contributed by atoms with Crippen molar-refractivity contribution in [1.82, 2.24) is 0 Å². The summed E-state index contributed by atoms with van der Waals surface area (Å²) in [5.41, 5.74) is 7.67. The van der Waals surface area contributed by atoms with Crippen LogP contribution < -0.4 is 5.73 Å². The molecule has 0 radical (unpaired) electrons.